The van der Waals surface area contributed by atoms with E-state index in [1.54, 1.807) is 24.3 Å². The van der Waals surface area contributed by atoms with Crippen LogP contribution in [-0.4, -0.2) is 30.7 Å². The van der Waals surface area contributed by atoms with Gasteiger partial charge in [-0.2, -0.15) is 0 Å². The largest absolute Gasteiger partial charge is 0.354 e. The van der Waals surface area contributed by atoms with Gasteiger partial charge in [0.15, 0.2) is 5.78 Å². The molecule has 0 saturated heterocycles. The Hall–Kier alpha value is -3.73. The van der Waals surface area contributed by atoms with E-state index in [0.717, 1.165) is 16.7 Å². The highest BCUT2D eigenvalue weighted by atomic mass is 16.2. The smallest absolute Gasteiger partial charge is 0.251 e. The molecule has 0 heterocycles. The predicted octanol–water partition coefficient (Wildman–Crippen LogP) is 4.17. The molecule has 2 N–H and O–H groups in total. The maximum Gasteiger partial charge on any atom is 0.251 e. The normalized spacial score (nSPS) is 10.4. The first kappa shape index (κ1) is 22.0. The first-order valence-corrected chi connectivity index (χ1v) is 10.3. The monoisotopic (exact) mass is 414 g/mol. The maximum absolute atomic E-state index is 12.3. The van der Waals surface area contributed by atoms with Gasteiger partial charge in [0.1, 0.15) is 0 Å². The van der Waals surface area contributed by atoms with Gasteiger partial charge in [0.25, 0.3) is 5.91 Å². The number of ketones is 1. The molecule has 158 valence electrons. The average molecular weight is 415 g/mol. The Morgan fingerprint density at radius 2 is 1.23 bits per heavy atom. The van der Waals surface area contributed by atoms with Crippen LogP contribution in [0, 0.1) is 6.92 Å². The van der Waals surface area contributed by atoms with Crippen molar-refractivity contribution >= 4 is 17.6 Å². The third kappa shape index (κ3) is 6.64. The van der Waals surface area contributed by atoms with Gasteiger partial charge in [0.05, 0.1) is 0 Å². The zero-order valence-electron chi connectivity index (χ0n) is 17.6. The van der Waals surface area contributed by atoms with Gasteiger partial charge < -0.3 is 10.6 Å². The fourth-order valence-corrected chi connectivity index (χ4v) is 3.12. The number of carbonyl (C=O) groups is 3. The zero-order valence-corrected chi connectivity index (χ0v) is 17.6. The lowest BCUT2D eigenvalue weighted by Crippen LogP contribution is -2.34. The zero-order chi connectivity index (χ0) is 22.1. The van der Waals surface area contributed by atoms with Crippen molar-refractivity contribution in [3.05, 3.63) is 95.6 Å². The Kier molecular flexibility index (Phi) is 7.71. The second-order valence-corrected chi connectivity index (χ2v) is 7.34. The van der Waals surface area contributed by atoms with E-state index >= 15 is 0 Å². The van der Waals surface area contributed by atoms with E-state index in [4.69, 9.17) is 0 Å². The summed E-state index contributed by atoms with van der Waals surface area (Å²) in [4.78, 5) is 36.3. The number of rotatable bonds is 9. The van der Waals surface area contributed by atoms with E-state index < -0.39 is 0 Å². The molecule has 31 heavy (non-hydrogen) atoms. The number of hydrogen-bond donors (Lipinski definition) is 2. The van der Waals surface area contributed by atoms with Crippen molar-refractivity contribution in [3.63, 3.8) is 0 Å². The summed E-state index contributed by atoms with van der Waals surface area (Å²) >= 11 is 0. The van der Waals surface area contributed by atoms with E-state index in [1.165, 1.54) is 0 Å². The van der Waals surface area contributed by atoms with Gasteiger partial charge >= 0.3 is 0 Å². The lowest BCUT2D eigenvalue weighted by molar-refractivity contribution is -0.121. The fraction of sp³-hybridized carbons (Fsp3) is 0.192. The summed E-state index contributed by atoms with van der Waals surface area (Å²) in [5.41, 5.74) is 4.41. The van der Waals surface area contributed by atoms with Gasteiger partial charge in [0.2, 0.25) is 5.91 Å². The molecule has 0 radical (unpaired) electrons. The topological polar surface area (TPSA) is 75.3 Å². The first-order valence-electron chi connectivity index (χ1n) is 10.3. The molecule has 0 spiro atoms. The minimum Gasteiger partial charge on any atom is -0.354 e. The average Bonchev–Trinajstić information content (AvgIpc) is 2.81. The number of amides is 2. The molecule has 0 aliphatic rings. The highest BCUT2D eigenvalue weighted by Crippen LogP contribution is 2.19. The Morgan fingerprint density at radius 3 is 1.90 bits per heavy atom. The van der Waals surface area contributed by atoms with Crippen LogP contribution in [0.3, 0.4) is 0 Å². The van der Waals surface area contributed by atoms with Gasteiger partial charge in [0, 0.05) is 37.1 Å². The summed E-state index contributed by atoms with van der Waals surface area (Å²) in [5, 5.41) is 5.52. The van der Waals surface area contributed by atoms with Crippen molar-refractivity contribution in [1.29, 1.82) is 0 Å². The molecular formula is C26H26N2O3. The van der Waals surface area contributed by atoms with Crippen LogP contribution in [-0.2, 0) is 4.79 Å². The lowest BCUT2D eigenvalue weighted by atomic mass is 10.0. The Morgan fingerprint density at radius 1 is 0.645 bits per heavy atom. The Bertz CT molecular complexity index is 1030. The molecule has 3 aromatic rings. The molecule has 0 aromatic heterocycles. The number of nitrogens with one attached hydrogen (secondary N) is 2. The van der Waals surface area contributed by atoms with Crippen LogP contribution in [0.2, 0.25) is 0 Å². The van der Waals surface area contributed by atoms with E-state index in [2.05, 4.69) is 10.6 Å². The number of hydrogen-bond acceptors (Lipinski definition) is 3. The van der Waals surface area contributed by atoms with Gasteiger partial charge in [-0.15, -0.1) is 0 Å². The quantitative estimate of drug-likeness (QED) is 0.408. The highest BCUT2D eigenvalue weighted by molar-refractivity contribution is 5.98. The summed E-state index contributed by atoms with van der Waals surface area (Å²) in [6.07, 6.45) is 0.288. The van der Waals surface area contributed by atoms with E-state index in [9.17, 15) is 14.4 Å². The van der Waals surface area contributed by atoms with Crippen molar-refractivity contribution in [1.82, 2.24) is 10.6 Å². The van der Waals surface area contributed by atoms with Crippen molar-refractivity contribution in [3.8, 4) is 11.1 Å². The molecule has 0 aliphatic carbocycles. The molecule has 0 atom stereocenters. The van der Waals surface area contributed by atoms with Crippen LogP contribution < -0.4 is 10.6 Å². The van der Waals surface area contributed by atoms with Crippen LogP contribution in [0.4, 0.5) is 0 Å². The fourth-order valence-electron chi connectivity index (χ4n) is 3.12. The number of Topliss-reactive ketones (excluding diaryl/α,β-unsaturated/α-hetero) is 1. The number of carbonyl (C=O) groups excluding carboxylic acids is 3. The Balaban J connectivity index is 1.36. The molecule has 0 saturated carbocycles. The third-order valence-electron chi connectivity index (χ3n) is 4.94. The van der Waals surface area contributed by atoms with Crippen LogP contribution in [0.5, 0.6) is 0 Å². The minimum atomic E-state index is -0.207. The van der Waals surface area contributed by atoms with Crippen LogP contribution in [0.15, 0.2) is 78.9 Å². The molecule has 0 aliphatic heterocycles. The predicted molar refractivity (Wildman–Crippen MR) is 122 cm³/mol. The van der Waals surface area contributed by atoms with Crippen LogP contribution in [0.25, 0.3) is 11.1 Å². The molecule has 5 nitrogen and oxygen atoms in total. The van der Waals surface area contributed by atoms with Crippen molar-refractivity contribution in [2.24, 2.45) is 0 Å². The highest BCUT2D eigenvalue weighted by Gasteiger charge is 2.10. The molecule has 3 rings (SSSR count). The first-order chi connectivity index (χ1) is 15.0. The molecular weight excluding hydrogens is 388 g/mol. The molecule has 0 fully saturated rings. The summed E-state index contributed by atoms with van der Waals surface area (Å²) in [6.45, 7) is 2.59. The standard InChI is InChI=1S/C26H26N2O3/c1-19-7-9-22(10-8-19)24(29)15-16-25(30)27-17-18-28-26(31)23-13-11-21(12-14-23)20-5-3-2-4-6-20/h2-14H,15-18H2,1H3,(H,27,30)(H,28,31). The third-order valence-corrected chi connectivity index (χ3v) is 4.94. The number of aryl methyl sites for hydroxylation is 1. The Labute approximate surface area is 182 Å². The molecule has 0 bridgehead atoms. The second-order valence-electron chi connectivity index (χ2n) is 7.34. The summed E-state index contributed by atoms with van der Waals surface area (Å²) in [5.74, 6) is -0.451. The maximum atomic E-state index is 12.3. The minimum absolute atomic E-state index is 0.0533. The lowest BCUT2D eigenvalue weighted by Gasteiger charge is -2.08. The van der Waals surface area contributed by atoms with Gasteiger partial charge in [-0.25, -0.2) is 0 Å². The van der Waals surface area contributed by atoms with E-state index in [-0.39, 0.29) is 30.4 Å². The van der Waals surface area contributed by atoms with Crippen molar-refractivity contribution in [2.45, 2.75) is 19.8 Å². The molecule has 0 unspecified atom stereocenters. The van der Waals surface area contributed by atoms with Gasteiger partial charge in [-0.1, -0.05) is 72.3 Å². The van der Waals surface area contributed by atoms with Gasteiger partial charge in [-0.3, -0.25) is 14.4 Å². The van der Waals surface area contributed by atoms with Crippen LogP contribution >= 0.6 is 0 Å². The molecule has 2 amide bonds. The summed E-state index contributed by atoms with van der Waals surface area (Å²) < 4.78 is 0. The number of benzene rings is 3. The van der Waals surface area contributed by atoms with Crippen molar-refractivity contribution in [2.75, 3.05) is 13.1 Å². The van der Waals surface area contributed by atoms with E-state index in [1.807, 2.05) is 61.5 Å². The second kappa shape index (κ2) is 10.9. The summed E-state index contributed by atoms with van der Waals surface area (Å²) in [7, 11) is 0. The van der Waals surface area contributed by atoms with Gasteiger partial charge in [-0.05, 0) is 30.2 Å². The molecule has 3 aromatic carbocycles. The summed E-state index contributed by atoms with van der Waals surface area (Å²) in [6, 6.07) is 24.7. The molecule has 5 heteroatoms. The van der Waals surface area contributed by atoms with Crippen molar-refractivity contribution < 1.29 is 14.4 Å². The SMILES string of the molecule is Cc1ccc(C(=O)CCC(=O)NCCNC(=O)c2ccc(-c3ccccc3)cc2)cc1. The van der Waals surface area contributed by atoms with E-state index in [0.29, 0.717) is 24.2 Å². The van der Waals surface area contributed by atoms with Crippen LogP contribution in [0.1, 0.15) is 39.1 Å².